The highest BCUT2D eigenvalue weighted by molar-refractivity contribution is 7.89. The Hall–Kier alpha value is -3.10. The maximum Gasteiger partial charge on any atom is 0.417 e. The average molecular weight is 471 g/mol. The Morgan fingerprint density at radius 3 is 2.39 bits per heavy atom. The van der Waals surface area contributed by atoms with Gasteiger partial charge in [-0.25, -0.2) is 18.5 Å². The van der Waals surface area contributed by atoms with E-state index >= 15 is 0 Å². The zero-order chi connectivity index (χ0) is 23.0. The molecule has 0 saturated carbocycles. The van der Waals surface area contributed by atoms with E-state index in [9.17, 15) is 21.6 Å². The van der Waals surface area contributed by atoms with Gasteiger partial charge in [0.05, 0.1) is 21.3 Å². The number of nitrogens with one attached hydrogen (secondary N) is 1. The normalized spacial score (nSPS) is 11.9. The molecule has 2 aromatic carbocycles. The summed E-state index contributed by atoms with van der Waals surface area (Å²) in [5, 5.41) is 18.2. The number of H-pyrrole nitrogens is 1. The third kappa shape index (κ3) is 4.22. The van der Waals surface area contributed by atoms with Crippen LogP contribution < -0.4 is 10.9 Å². The fraction of sp³-hybridized carbons (Fsp3) is 0.176. The number of hydrogen-bond acceptors (Lipinski definition) is 8. The summed E-state index contributed by atoms with van der Waals surface area (Å²) in [7, 11) is -4.83. The van der Waals surface area contributed by atoms with Crippen molar-refractivity contribution in [1.82, 2.24) is 25.6 Å². The monoisotopic (exact) mass is 471 g/mol. The number of benzene rings is 2. The Morgan fingerprint density at radius 1 is 1.10 bits per heavy atom. The van der Waals surface area contributed by atoms with Crippen LogP contribution in [-0.2, 0) is 16.2 Å². The topological polar surface area (TPSA) is 154 Å². The van der Waals surface area contributed by atoms with Crippen LogP contribution in [0.1, 0.15) is 19.4 Å². The molecular formula is C17H16F3N7O2S2. The third-order valence-corrected chi connectivity index (χ3v) is 5.96. The number of halogens is 3. The van der Waals surface area contributed by atoms with Crippen LogP contribution in [0, 0.1) is 0 Å². The van der Waals surface area contributed by atoms with Crippen molar-refractivity contribution in [3.8, 4) is 22.5 Å². The van der Waals surface area contributed by atoms with E-state index in [2.05, 4.69) is 25.6 Å². The minimum Gasteiger partial charge on any atom is -0.375 e. The molecule has 5 N–H and O–H groups in total. The van der Waals surface area contributed by atoms with Gasteiger partial charge < -0.3 is 5.73 Å². The predicted octanol–water partition coefficient (Wildman–Crippen LogP) is 3.42. The largest absolute Gasteiger partial charge is 0.417 e. The van der Waals surface area contributed by atoms with Gasteiger partial charge in [0.2, 0.25) is 15.8 Å². The molecule has 2 aromatic heterocycles. The summed E-state index contributed by atoms with van der Waals surface area (Å²) in [6, 6.07) is 6.67. The molecule has 0 aliphatic rings. The molecular weight excluding hydrogens is 455 g/mol. The molecule has 4 rings (SSSR count). The molecule has 0 unspecified atom stereocenters. The van der Waals surface area contributed by atoms with Crippen molar-refractivity contribution in [1.29, 1.82) is 0 Å². The van der Waals surface area contributed by atoms with Crippen LogP contribution in [0.25, 0.3) is 32.7 Å². The molecule has 9 nitrogen and oxygen atoms in total. The number of anilines is 1. The predicted molar refractivity (Wildman–Crippen MR) is 110 cm³/mol. The number of nitrogens with two attached hydrogens (primary N) is 2. The summed E-state index contributed by atoms with van der Waals surface area (Å²) in [5.41, 5.74) is 4.91. The molecule has 31 heavy (non-hydrogen) atoms. The van der Waals surface area contributed by atoms with Crippen LogP contribution in [0.4, 0.5) is 18.3 Å². The van der Waals surface area contributed by atoms with E-state index in [0.717, 1.165) is 17.4 Å². The van der Waals surface area contributed by atoms with E-state index in [4.69, 9.17) is 10.9 Å². The lowest BCUT2D eigenvalue weighted by atomic mass is 9.96. The first kappa shape index (κ1) is 22.6. The van der Waals surface area contributed by atoms with Crippen molar-refractivity contribution in [2.45, 2.75) is 24.9 Å². The molecule has 2 heterocycles. The number of tetrazole rings is 1. The van der Waals surface area contributed by atoms with Gasteiger partial charge in [-0.2, -0.15) is 18.4 Å². The molecule has 14 heteroatoms. The van der Waals surface area contributed by atoms with Crippen molar-refractivity contribution in [2.24, 2.45) is 5.14 Å². The number of nitrogens with zero attached hydrogens (tertiary/aromatic N) is 4. The van der Waals surface area contributed by atoms with Crippen LogP contribution in [0.2, 0.25) is 0 Å². The first-order valence-electron chi connectivity index (χ1n) is 8.73. The van der Waals surface area contributed by atoms with Gasteiger partial charge in [0.15, 0.2) is 5.13 Å². The maximum absolute atomic E-state index is 13.6. The first-order chi connectivity index (χ1) is 14.6. The Bertz CT molecular complexity index is 1330. The zero-order valence-corrected chi connectivity index (χ0v) is 17.7. The van der Waals surface area contributed by atoms with E-state index in [1.54, 1.807) is 18.2 Å². The van der Waals surface area contributed by atoms with E-state index in [-0.39, 0.29) is 16.5 Å². The summed E-state index contributed by atoms with van der Waals surface area (Å²) >= 11 is 1.10. The molecule has 0 saturated heterocycles. The fourth-order valence-corrected chi connectivity index (χ4v) is 4.83. The number of hydrogen-bond donors (Lipinski definition) is 3. The van der Waals surface area contributed by atoms with E-state index < -0.39 is 32.2 Å². The van der Waals surface area contributed by atoms with Crippen molar-refractivity contribution in [2.75, 3.05) is 5.73 Å². The molecule has 0 radical (unpaired) electrons. The van der Waals surface area contributed by atoms with Gasteiger partial charge in [-0.05, 0) is 22.9 Å². The number of fused-ring (bicyclic) bond motifs is 1. The van der Waals surface area contributed by atoms with E-state index in [1.807, 2.05) is 13.8 Å². The number of aromatic nitrogens is 5. The smallest absolute Gasteiger partial charge is 0.375 e. The van der Waals surface area contributed by atoms with Crippen molar-refractivity contribution in [3.05, 3.63) is 35.9 Å². The van der Waals surface area contributed by atoms with Gasteiger partial charge in [0.25, 0.3) is 0 Å². The van der Waals surface area contributed by atoms with Crippen molar-refractivity contribution in [3.63, 3.8) is 0 Å². The number of thiazole rings is 1. The number of alkyl halides is 3. The summed E-state index contributed by atoms with van der Waals surface area (Å²) in [6.07, 6.45) is -4.99. The Kier molecular flexibility index (Phi) is 5.98. The Balaban J connectivity index is 0.00000132. The van der Waals surface area contributed by atoms with E-state index in [1.165, 1.54) is 0 Å². The molecule has 0 bridgehead atoms. The second-order valence-corrected chi connectivity index (χ2v) is 8.38. The molecule has 0 amide bonds. The molecule has 164 valence electrons. The summed E-state index contributed by atoms with van der Waals surface area (Å²) < 4.78 is 65.8. The van der Waals surface area contributed by atoms with Crippen molar-refractivity contribution < 1.29 is 21.6 Å². The first-order valence-corrected chi connectivity index (χ1v) is 11.1. The third-order valence-electron chi connectivity index (χ3n) is 4.04. The van der Waals surface area contributed by atoms with Crippen LogP contribution in [0.3, 0.4) is 0 Å². The Morgan fingerprint density at radius 2 is 1.81 bits per heavy atom. The van der Waals surface area contributed by atoms with Crippen LogP contribution >= 0.6 is 11.3 Å². The number of nitrogen functional groups attached to an aromatic ring is 1. The number of rotatable bonds is 3. The van der Waals surface area contributed by atoms with Gasteiger partial charge in [0, 0.05) is 5.56 Å². The van der Waals surface area contributed by atoms with Gasteiger partial charge >= 0.3 is 6.18 Å². The summed E-state index contributed by atoms with van der Waals surface area (Å²) in [4.78, 5) is 3.00. The number of sulfonamides is 1. The van der Waals surface area contributed by atoms with Gasteiger partial charge in [-0.3, -0.25) is 0 Å². The lowest BCUT2D eigenvalue weighted by Crippen LogP contribution is -2.21. The highest BCUT2D eigenvalue weighted by Crippen LogP contribution is 2.45. The second-order valence-electron chi connectivity index (χ2n) is 5.85. The molecule has 0 aliphatic heterocycles. The van der Waals surface area contributed by atoms with Gasteiger partial charge in [-0.15, -0.1) is 10.2 Å². The standard InChI is InChI=1S/C15H10F3N7O2S2.C2H6/c16-15(17,18)8-5-4-6(7-2-1-3-9-11(7)28-14(19)21-9)10(12(8)29(20,26)27)13-22-24-25-23-13;1-2/h1-5H,(H2,19,21)(H2,20,26,27)(H,22,23,24,25);1-2H3. The quantitative estimate of drug-likeness (QED) is 0.414. The van der Waals surface area contributed by atoms with Crippen LogP contribution in [0.5, 0.6) is 0 Å². The molecule has 0 spiro atoms. The summed E-state index contributed by atoms with van der Waals surface area (Å²) in [5.74, 6) is -0.357. The zero-order valence-electron chi connectivity index (χ0n) is 16.1. The second kappa shape index (κ2) is 8.20. The van der Waals surface area contributed by atoms with E-state index in [0.29, 0.717) is 21.8 Å². The molecule has 0 aliphatic carbocycles. The van der Waals surface area contributed by atoms with Crippen LogP contribution in [0.15, 0.2) is 35.2 Å². The highest BCUT2D eigenvalue weighted by atomic mass is 32.2. The number of aromatic amines is 1. The fourth-order valence-electron chi connectivity index (χ4n) is 2.99. The minimum absolute atomic E-state index is 0.109. The van der Waals surface area contributed by atoms with Gasteiger partial charge in [0.1, 0.15) is 4.90 Å². The van der Waals surface area contributed by atoms with Gasteiger partial charge in [-0.1, -0.05) is 43.4 Å². The lowest BCUT2D eigenvalue weighted by Gasteiger charge is -2.17. The lowest BCUT2D eigenvalue weighted by molar-refractivity contribution is -0.139. The minimum atomic E-state index is -4.99. The van der Waals surface area contributed by atoms with Crippen LogP contribution in [-0.4, -0.2) is 34.0 Å². The maximum atomic E-state index is 13.6. The average Bonchev–Trinajstić information content (AvgIpc) is 3.35. The molecule has 4 aromatic rings. The highest BCUT2D eigenvalue weighted by Gasteiger charge is 2.40. The number of primary sulfonamides is 1. The summed E-state index contributed by atoms with van der Waals surface area (Å²) in [6.45, 7) is 4.00. The molecule has 0 fully saturated rings. The SMILES string of the molecule is CC.Nc1nc2cccc(-c3ccc(C(F)(F)F)c(S(N)(=O)=O)c3-c3nn[nH]n3)c2s1. The Labute approximate surface area is 178 Å². The van der Waals surface area contributed by atoms with Crippen molar-refractivity contribution >= 4 is 36.7 Å². The molecule has 0 atom stereocenters.